The van der Waals surface area contributed by atoms with Crippen molar-refractivity contribution in [1.29, 1.82) is 0 Å². The Morgan fingerprint density at radius 3 is 2.19 bits per heavy atom. The Hall–Kier alpha value is -5.06. The van der Waals surface area contributed by atoms with Gasteiger partial charge in [-0.15, -0.1) is 0 Å². The zero-order chi connectivity index (χ0) is 26.5. The lowest BCUT2D eigenvalue weighted by Crippen LogP contribution is -2.47. The fraction of sp³-hybridized carbons (Fsp3) is 0.154. The number of non-ortho nitro benzene ring substituents is 1. The lowest BCUT2D eigenvalue weighted by atomic mass is 10.0. The van der Waals surface area contributed by atoms with Gasteiger partial charge >= 0.3 is 5.97 Å². The van der Waals surface area contributed by atoms with Gasteiger partial charge in [0.1, 0.15) is 11.8 Å². The Labute approximate surface area is 210 Å². The number of carbonyl (C=O) groups excluding carboxylic acids is 4. The maximum Gasteiger partial charge on any atom is 0.330 e. The lowest BCUT2D eigenvalue weighted by Gasteiger charge is -2.24. The summed E-state index contributed by atoms with van der Waals surface area (Å²) in [7, 11) is 1.28. The molecule has 1 atom stereocenters. The fourth-order valence-electron chi connectivity index (χ4n) is 3.92. The average Bonchev–Trinajstić information content (AvgIpc) is 3.16. The SMILES string of the molecule is COc1cc([N+](=O)[O-])ccc1NC(=O)COC(=O)[C@H](Cc1ccccc1)N1C(=O)c2ccccc2C1=O. The van der Waals surface area contributed by atoms with Crippen LogP contribution in [-0.2, 0) is 20.7 Å². The van der Waals surface area contributed by atoms with E-state index in [1.165, 1.54) is 31.4 Å². The molecule has 0 spiro atoms. The highest BCUT2D eigenvalue weighted by Crippen LogP contribution is 2.29. The van der Waals surface area contributed by atoms with Gasteiger partial charge in [0, 0.05) is 12.5 Å². The third-order valence-corrected chi connectivity index (χ3v) is 5.70. The zero-order valence-corrected chi connectivity index (χ0v) is 19.6. The number of ether oxygens (including phenoxy) is 2. The van der Waals surface area contributed by atoms with Gasteiger partial charge < -0.3 is 14.8 Å². The van der Waals surface area contributed by atoms with E-state index >= 15 is 0 Å². The van der Waals surface area contributed by atoms with E-state index in [0.29, 0.717) is 5.56 Å². The number of amides is 3. The van der Waals surface area contributed by atoms with Crippen LogP contribution >= 0.6 is 0 Å². The number of fused-ring (bicyclic) bond motifs is 1. The van der Waals surface area contributed by atoms with Gasteiger partial charge in [-0.3, -0.25) is 29.4 Å². The average molecular weight is 503 g/mol. The van der Waals surface area contributed by atoms with E-state index in [4.69, 9.17) is 9.47 Å². The summed E-state index contributed by atoms with van der Waals surface area (Å²) in [5, 5.41) is 13.4. The molecule has 1 aliphatic heterocycles. The molecule has 11 nitrogen and oxygen atoms in total. The molecule has 1 N–H and O–H groups in total. The van der Waals surface area contributed by atoms with Gasteiger partial charge in [0.2, 0.25) is 0 Å². The number of carbonyl (C=O) groups is 4. The summed E-state index contributed by atoms with van der Waals surface area (Å²) < 4.78 is 10.3. The van der Waals surface area contributed by atoms with Crippen molar-refractivity contribution in [2.24, 2.45) is 0 Å². The Kier molecular flexibility index (Phi) is 7.23. The van der Waals surface area contributed by atoms with Crippen LogP contribution in [0.5, 0.6) is 5.75 Å². The van der Waals surface area contributed by atoms with Gasteiger partial charge in [-0.25, -0.2) is 4.79 Å². The van der Waals surface area contributed by atoms with Crippen LogP contribution in [0.25, 0.3) is 0 Å². The van der Waals surface area contributed by atoms with E-state index in [9.17, 15) is 29.3 Å². The normalized spacial score (nSPS) is 13.1. The molecular weight excluding hydrogens is 482 g/mol. The second-order valence-corrected chi connectivity index (χ2v) is 8.03. The second kappa shape index (κ2) is 10.7. The van der Waals surface area contributed by atoms with Gasteiger partial charge in [-0.2, -0.15) is 0 Å². The predicted octanol–water partition coefficient (Wildman–Crippen LogP) is 2.99. The summed E-state index contributed by atoms with van der Waals surface area (Å²) >= 11 is 0. The maximum absolute atomic E-state index is 13.1. The molecule has 11 heteroatoms. The van der Waals surface area contributed by atoms with Crippen molar-refractivity contribution in [2.75, 3.05) is 19.0 Å². The molecule has 3 aromatic carbocycles. The first-order valence-corrected chi connectivity index (χ1v) is 11.1. The van der Waals surface area contributed by atoms with Gasteiger partial charge in [0.05, 0.1) is 34.9 Å². The second-order valence-electron chi connectivity index (χ2n) is 8.03. The van der Waals surface area contributed by atoms with Crippen LogP contribution in [0.3, 0.4) is 0 Å². The van der Waals surface area contributed by atoms with E-state index in [0.717, 1.165) is 11.0 Å². The van der Waals surface area contributed by atoms with Gasteiger partial charge in [-0.05, 0) is 23.8 Å². The number of anilines is 1. The van der Waals surface area contributed by atoms with E-state index in [-0.39, 0.29) is 34.7 Å². The number of nitro benzene ring substituents is 1. The minimum atomic E-state index is -1.31. The molecule has 3 aromatic rings. The Morgan fingerprint density at radius 1 is 0.973 bits per heavy atom. The first kappa shape index (κ1) is 25.0. The first-order chi connectivity index (χ1) is 17.8. The van der Waals surface area contributed by atoms with Crippen molar-refractivity contribution < 1.29 is 33.6 Å². The quantitative estimate of drug-likeness (QED) is 0.203. The van der Waals surface area contributed by atoms with E-state index in [1.807, 2.05) is 0 Å². The molecule has 0 aromatic heterocycles. The van der Waals surface area contributed by atoms with Crippen molar-refractivity contribution in [3.8, 4) is 5.75 Å². The standard InChI is InChI=1S/C26H21N3O8/c1-36-22-14-17(29(34)35)11-12-20(22)27-23(30)15-37-26(33)21(13-16-7-3-2-4-8-16)28-24(31)18-9-5-6-10-19(18)25(28)32/h2-12,14,21H,13,15H2,1H3,(H,27,30)/t21-/m0/s1. The molecule has 0 radical (unpaired) electrons. The molecule has 4 rings (SSSR count). The monoisotopic (exact) mass is 503 g/mol. The first-order valence-electron chi connectivity index (χ1n) is 11.1. The number of nitro groups is 1. The number of benzene rings is 3. The molecule has 0 aliphatic carbocycles. The van der Waals surface area contributed by atoms with Crippen LogP contribution < -0.4 is 10.1 Å². The van der Waals surface area contributed by atoms with Gasteiger partial charge in [0.15, 0.2) is 6.61 Å². The molecule has 0 fully saturated rings. The number of esters is 1. The molecule has 3 amide bonds. The summed E-state index contributed by atoms with van der Waals surface area (Å²) in [5.74, 6) is -2.90. The Balaban J connectivity index is 1.50. The Morgan fingerprint density at radius 2 is 1.59 bits per heavy atom. The molecule has 37 heavy (non-hydrogen) atoms. The third-order valence-electron chi connectivity index (χ3n) is 5.70. The van der Waals surface area contributed by atoms with Crippen molar-refractivity contribution in [3.05, 3.63) is 99.6 Å². The minimum absolute atomic E-state index is 0.0110. The van der Waals surface area contributed by atoms with Gasteiger partial charge in [0.25, 0.3) is 23.4 Å². The van der Waals surface area contributed by atoms with E-state index in [1.54, 1.807) is 42.5 Å². The molecule has 188 valence electrons. The van der Waals surface area contributed by atoms with Crippen molar-refractivity contribution in [3.63, 3.8) is 0 Å². The summed E-state index contributed by atoms with van der Waals surface area (Å²) in [4.78, 5) is 62.9. The fourth-order valence-corrected chi connectivity index (χ4v) is 3.92. The number of nitrogens with one attached hydrogen (secondary N) is 1. The summed E-state index contributed by atoms with van der Waals surface area (Å²) in [6.45, 7) is -0.729. The summed E-state index contributed by atoms with van der Waals surface area (Å²) in [5.41, 5.74) is 0.949. The molecule has 1 heterocycles. The number of methoxy groups -OCH3 is 1. The van der Waals surface area contributed by atoms with Crippen LogP contribution in [0.4, 0.5) is 11.4 Å². The van der Waals surface area contributed by atoms with Crippen molar-refractivity contribution in [2.45, 2.75) is 12.5 Å². The molecule has 0 bridgehead atoms. The molecule has 1 aliphatic rings. The summed E-state index contributed by atoms with van der Waals surface area (Å²) in [6.07, 6.45) is -0.0110. The molecular formula is C26H21N3O8. The molecule has 0 unspecified atom stereocenters. The maximum atomic E-state index is 13.1. The van der Waals surface area contributed by atoms with Crippen LogP contribution in [0.2, 0.25) is 0 Å². The van der Waals surface area contributed by atoms with Crippen LogP contribution in [0, 0.1) is 10.1 Å². The minimum Gasteiger partial charge on any atom is -0.494 e. The Bertz CT molecular complexity index is 1350. The number of nitrogens with zero attached hydrogens (tertiary/aromatic N) is 2. The smallest absolute Gasteiger partial charge is 0.330 e. The van der Waals surface area contributed by atoms with Crippen LogP contribution in [0.1, 0.15) is 26.3 Å². The van der Waals surface area contributed by atoms with Crippen LogP contribution in [0.15, 0.2) is 72.8 Å². The van der Waals surface area contributed by atoms with E-state index in [2.05, 4.69) is 5.32 Å². The third kappa shape index (κ3) is 5.30. The van der Waals surface area contributed by atoms with Crippen molar-refractivity contribution >= 4 is 35.1 Å². The van der Waals surface area contributed by atoms with Gasteiger partial charge in [-0.1, -0.05) is 42.5 Å². The highest BCUT2D eigenvalue weighted by molar-refractivity contribution is 6.22. The highest BCUT2D eigenvalue weighted by atomic mass is 16.6. The predicted molar refractivity (Wildman–Crippen MR) is 130 cm³/mol. The largest absolute Gasteiger partial charge is 0.494 e. The summed E-state index contributed by atoms with van der Waals surface area (Å²) in [6, 6.07) is 17.3. The topological polar surface area (TPSA) is 145 Å². The molecule has 0 saturated heterocycles. The zero-order valence-electron chi connectivity index (χ0n) is 19.6. The molecule has 0 saturated carbocycles. The number of imide groups is 1. The lowest BCUT2D eigenvalue weighted by molar-refractivity contribution is -0.384. The van der Waals surface area contributed by atoms with Crippen LogP contribution in [-0.4, -0.2) is 53.3 Å². The van der Waals surface area contributed by atoms with Crippen molar-refractivity contribution in [1.82, 2.24) is 4.90 Å². The van der Waals surface area contributed by atoms with E-state index < -0.39 is 41.3 Å². The highest BCUT2D eigenvalue weighted by Gasteiger charge is 2.43. The number of rotatable bonds is 9. The number of hydrogen-bond donors (Lipinski definition) is 1. The number of hydrogen-bond acceptors (Lipinski definition) is 8.